The molecule has 0 bridgehead atoms. The van der Waals surface area contributed by atoms with Crippen LogP contribution in [-0.4, -0.2) is 40.8 Å². The molecule has 1 aromatic rings. The van der Waals surface area contributed by atoms with Gasteiger partial charge in [-0.25, -0.2) is 4.79 Å². The van der Waals surface area contributed by atoms with Crippen molar-refractivity contribution < 1.29 is 14.4 Å². The number of pyridine rings is 1. The summed E-state index contributed by atoms with van der Waals surface area (Å²) < 4.78 is 5.40. The van der Waals surface area contributed by atoms with Crippen molar-refractivity contribution in [1.82, 2.24) is 15.4 Å². The van der Waals surface area contributed by atoms with Gasteiger partial charge < -0.3 is 9.64 Å². The van der Waals surface area contributed by atoms with Crippen LogP contribution >= 0.6 is 0 Å². The van der Waals surface area contributed by atoms with E-state index in [-0.39, 0.29) is 12.2 Å². The molecule has 21 heavy (non-hydrogen) atoms. The summed E-state index contributed by atoms with van der Waals surface area (Å²) in [5.41, 5.74) is 5.14. The molecule has 6 nitrogen and oxygen atoms in total. The van der Waals surface area contributed by atoms with Gasteiger partial charge in [-0.1, -0.05) is 6.07 Å². The number of likely N-dealkylation sites (tertiary alicyclic amines) is 1. The van der Waals surface area contributed by atoms with Crippen LogP contribution in [0.3, 0.4) is 0 Å². The van der Waals surface area contributed by atoms with Gasteiger partial charge in [0.25, 0.3) is 0 Å². The Bertz CT molecular complexity index is 578. The summed E-state index contributed by atoms with van der Waals surface area (Å²) in [5.74, 6) is 0. The topological polar surface area (TPSA) is 63.7 Å². The molecule has 1 fully saturated rings. The minimum atomic E-state index is -0.494. The molecular weight excluding hydrogens is 270 g/mol. The number of fused-ring (bicyclic) bond motifs is 1. The third-order valence-electron chi connectivity index (χ3n) is 3.33. The summed E-state index contributed by atoms with van der Waals surface area (Å²) in [4.78, 5) is 23.6. The normalized spacial score (nSPS) is 21.3. The minimum Gasteiger partial charge on any atom is -0.444 e. The Balaban J connectivity index is 1.78. The number of ether oxygens (including phenoxy) is 1. The van der Waals surface area contributed by atoms with Gasteiger partial charge >= 0.3 is 6.09 Å². The van der Waals surface area contributed by atoms with E-state index in [1.807, 2.05) is 39.0 Å². The Hall–Kier alpha value is -2.08. The highest BCUT2D eigenvalue weighted by Gasteiger charge is 2.39. The molecule has 0 aliphatic carbocycles. The van der Waals surface area contributed by atoms with Gasteiger partial charge in [-0.2, -0.15) is 0 Å². The SMILES string of the molecule is CC(C)(C)OC(=O)N1CC2=C(c3ccccn3)NOC2C1. The van der Waals surface area contributed by atoms with E-state index in [9.17, 15) is 4.79 Å². The van der Waals surface area contributed by atoms with Crippen molar-refractivity contribution in [2.24, 2.45) is 0 Å². The van der Waals surface area contributed by atoms with Crippen molar-refractivity contribution >= 4 is 11.8 Å². The van der Waals surface area contributed by atoms with E-state index < -0.39 is 5.60 Å². The highest BCUT2D eigenvalue weighted by atomic mass is 16.7. The lowest BCUT2D eigenvalue weighted by molar-refractivity contribution is 0.0146. The summed E-state index contributed by atoms with van der Waals surface area (Å²) in [5, 5.41) is 0. The number of carbonyl (C=O) groups is 1. The Morgan fingerprint density at radius 3 is 2.95 bits per heavy atom. The molecule has 1 aromatic heterocycles. The van der Waals surface area contributed by atoms with Crippen molar-refractivity contribution in [2.75, 3.05) is 13.1 Å². The predicted octanol–water partition coefficient (Wildman–Crippen LogP) is 1.95. The van der Waals surface area contributed by atoms with Gasteiger partial charge in [-0.15, -0.1) is 0 Å². The van der Waals surface area contributed by atoms with E-state index in [2.05, 4.69) is 10.5 Å². The molecule has 0 radical (unpaired) electrons. The number of hydroxylamine groups is 1. The van der Waals surface area contributed by atoms with Gasteiger partial charge in [-0.05, 0) is 32.9 Å². The van der Waals surface area contributed by atoms with Crippen LogP contribution in [0.15, 0.2) is 30.0 Å². The number of nitrogens with zero attached hydrogens (tertiary/aromatic N) is 2. The van der Waals surface area contributed by atoms with Crippen LogP contribution in [0.1, 0.15) is 26.5 Å². The van der Waals surface area contributed by atoms with E-state index in [4.69, 9.17) is 9.57 Å². The number of rotatable bonds is 1. The molecule has 0 aromatic carbocycles. The third-order valence-corrected chi connectivity index (χ3v) is 3.33. The first-order valence-corrected chi connectivity index (χ1v) is 6.98. The van der Waals surface area contributed by atoms with Crippen LogP contribution in [0.5, 0.6) is 0 Å². The number of hydrogen-bond acceptors (Lipinski definition) is 5. The molecule has 1 atom stereocenters. The zero-order chi connectivity index (χ0) is 15.0. The van der Waals surface area contributed by atoms with E-state index in [0.717, 1.165) is 17.0 Å². The summed E-state index contributed by atoms with van der Waals surface area (Å²) in [6.45, 7) is 6.57. The summed E-state index contributed by atoms with van der Waals surface area (Å²) in [6.07, 6.45) is 1.29. The summed E-state index contributed by atoms with van der Waals surface area (Å²) in [7, 11) is 0. The predicted molar refractivity (Wildman–Crippen MR) is 77.0 cm³/mol. The van der Waals surface area contributed by atoms with Crippen LogP contribution in [0.2, 0.25) is 0 Å². The van der Waals surface area contributed by atoms with Gasteiger partial charge in [0.15, 0.2) is 0 Å². The fraction of sp³-hybridized carbons (Fsp3) is 0.467. The monoisotopic (exact) mass is 289 g/mol. The second-order valence-electron chi connectivity index (χ2n) is 6.18. The molecule has 2 aliphatic rings. The maximum absolute atomic E-state index is 12.1. The maximum atomic E-state index is 12.1. The lowest BCUT2D eigenvalue weighted by atomic mass is 10.1. The first-order chi connectivity index (χ1) is 9.94. The number of aromatic nitrogens is 1. The number of nitrogens with one attached hydrogen (secondary N) is 1. The second-order valence-corrected chi connectivity index (χ2v) is 6.18. The second kappa shape index (κ2) is 5.04. The third kappa shape index (κ3) is 2.85. The largest absolute Gasteiger partial charge is 0.444 e. The van der Waals surface area contributed by atoms with Crippen LogP contribution in [0.25, 0.3) is 5.70 Å². The lowest BCUT2D eigenvalue weighted by Crippen LogP contribution is -2.36. The van der Waals surface area contributed by atoms with E-state index >= 15 is 0 Å². The van der Waals surface area contributed by atoms with Gasteiger partial charge in [0.1, 0.15) is 11.7 Å². The number of amides is 1. The van der Waals surface area contributed by atoms with Crippen LogP contribution in [0, 0.1) is 0 Å². The first-order valence-electron chi connectivity index (χ1n) is 6.98. The highest BCUT2D eigenvalue weighted by molar-refractivity contribution is 5.73. The first kappa shape index (κ1) is 13.9. The Kier molecular flexibility index (Phi) is 3.33. The minimum absolute atomic E-state index is 0.130. The van der Waals surface area contributed by atoms with Gasteiger partial charge in [0.2, 0.25) is 0 Å². The molecule has 1 unspecified atom stereocenters. The zero-order valence-corrected chi connectivity index (χ0v) is 12.4. The van der Waals surface area contributed by atoms with Gasteiger partial charge in [-0.3, -0.25) is 15.3 Å². The molecule has 1 N–H and O–H groups in total. The van der Waals surface area contributed by atoms with Crippen LogP contribution in [-0.2, 0) is 9.57 Å². The van der Waals surface area contributed by atoms with Crippen molar-refractivity contribution in [3.63, 3.8) is 0 Å². The maximum Gasteiger partial charge on any atom is 0.410 e. The molecule has 112 valence electrons. The fourth-order valence-electron chi connectivity index (χ4n) is 2.42. The van der Waals surface area contributed by atoms with Crippen molar-refractivity contribution in [2.45, 2.75) is 32.5 Å². The molecule has 2 aliphatic heterocycles. The summed E-state index contributed by atoms with van der Waals surface area (Å²) >= 11 is 0. The molecule has 1 amide bonds. The Morgan fingerprint density at radius 2 is 2.29 bits per heavy atom. The molecular formula is C15H19N3O3. The molecule has 0 saturated carbocycles. The van der Waals surface area contributed by atoms with E-state index in [1.54, 1.807) is 11.1 Å². The number of hydrogen-bond donors (Lipinski definition) is 1. The summed E-state index contributed by atoms with van der Waals surface area (Å²) in [6, 6.07) is 5.70. The van der Waals surface area contributed by atoms with E-state index in [0.29, 0.717) is 13.1 Å². The average Bonchev–Trinajstić information content (AvgIpc) is 2.97. The number of carbonyl (C=O) groups excluding carboxylic acids is 1. The van der Waals surface area contributed by atoms with E-state index in [1.165, 1.54) is 0 Å². The quantitative estimate of drug-likeness (QED) is 0.856. The smallest absolute Gasteiger partial charge is 0.410 e. The van der Waals surface area contributed by atoms with Crippen LogP contribution in [0.4, 0.5) is 4.79 Å². The standard InChI is InChI=1S/C15H19N3O3/c1-15(2,3)20-14(19)18-8-10-12(9-18)21-17-13(10)11-6-4-5-7-16-11/h4-7,12,17H,8-9H2,1-3H3. The zero-order valence-electron chi connectivity index (χ0n) is 12.4. The highest BCUT2D eigenvalue weighted by Crippen LogP contribution is 2.31. The molecule has 3 heterocycles. The average molecular weight is 289 g/mol. The van der Waals surface area contributed by atoms with Crippen molar-refractivity contribution in [3.05, 3.63) is 35.7 Å². The van der Waals surface area contributed by atoms with Gasteiger partial charge in [0.05, 0.1) is 24.5 Å². The van der Waals surface area contributed by atoms with Crippen LogP contribution < -0.4 is 5.48 Å². The molecule has 6 heteroatoms. The Labute approximate surface area is 123 Å². The molecule has 3 rings (SSSR count). The molecule has 1 saturated heterocycles. The Morgan fingerprint density at radius 1 is 1.48 bits per heavy atom. The molecule has 0 spiro atoms. The van der Waals surface area contributed by atoms with Crippen molar-refractivity contribution in [3.8, 4) is 0 Å². The lowest BCUT2D eigenvalue weighted by Gasteiger charge is -2.24. The van der Waals surface area contributed by atoms with Gasteiger partial charge in [0, 0.05) is 11.8 Å². The fourth-order valence-corrected chi connectivity index (χ4v) is 2.42. The van der Waals surface area contributed by atoms with Crippen molar-refractivity contribution in [1.29, 1.82) is 0 Å².